The summed E-state index contributed by atoms with van der Waals surface area (Å²) in [4.78, 5) is 16.8. The average molecular weight is 348 g/mol. The van der Waals surface area contributed by atoms with Gasteiger partial charge in [0, 0.05) is 16.9 Å². The quantitative estimate of drug-likeness (QED) is 0.736. The molecule has 0 aliphatic rings. The van der Waals surface area contributed by atoms with Crippen LogP contribution in [0.5, 0.6) is 0 Å². The van der Waals surface area contributed by atoms with Crippen LogP contribution in [0.15, 0.2) is 34.1 Å². The molecular weight excluding hydrogens is 334 g/mol. The van der Waals surface area contributed by atoms with Gasteiger partial charge in [0.15, 0.2) is 0 Å². The van der Waals surface area contributed by atoms with Crippen LogP contribution in [-0.4, -0.2) is 26.2 Å². The number of aromatic nitrogens is 4. The van der Waals surface area contributed by atoms with Crippen molar-refractivity contribution in [1.82, 2.24) is 20.0 Å². The standard InChI is InChI=1S/C15H14ClN5OS/c1-3-13-18-19-15(23-13)17-8-12-9(2)20-21(14(12)22)11-6-4-5-10(16)7-11/h4-8,20H,3H2,1-2H3/b17-8+. The van der Waals surface area contributed by atoms with Gasteiger partial charge in [0.05, 0.1) is 11.3 Å². The van der Waals surface area contributed by atoms with Crippen molar-refractivity contribution in [1.29, 1.82) is 0 Å². The number of aryl methyl sites for hydroxylation is 2. The maximum Gasteiger partial charge on any atom is 0.280 e. The van der Waals surface area contributed by atoms with E-state index in [9.17, 15) is 4.79 Å². The van der Waals surface area contributed by atoms with Gasteiger partial charge >= 0.3 is 0 Å². The van der Waals surface area contributed by atoms with E-state index >= 15 is 0 Å². The molecule has 8 heteroatoms. The molecule has 3 aromatic rings. The zero-order chi connectivity index (χ0) is 16.4. The third kappa shape index (κ3) is 3.25. The molecule has 0 fully saturated rings. The number of nitrogens with zero attached hydrogens (tertiary/aromatic N) is 4. The van der Waals surface area contributed by atoms with E-state index in [0.717, 1.165) is 17.1 Å². The molecule has 0 saturated carbocycles. The molecule has 2 aromatic heterocycles. The summed E-state index contributed by atoms with van der Waals surface area (Å²) in [6.07, 6.45) is 2.34. The molecule has 0 aliphatic carbocycles. The minimum Gasteiger partial charge on any atom is -0.295 e. The van der Waals surface area contributed by atoms with Gasteiger partial charge in [-0.15, -0.1) is 10.2 Å². The lowest BCUT2D eigenvalue weighted by molar-refractivity contribution is 0.835. The highest BCUT2D eigenvalue weighted by Crippen LogP contribution is 2.19. The second kappa shape index (κ2) is 6.47. The average Bonchev–Trinajstić information content (AvgIpc) is 3.10. The van der Waals surface area contributed by atoms with E-state index in [4.69, 9.17) is 11.6 Å². The number of hydrogen-bond acceptors (Lipinski definition) is 5. The topological polar surface area (TPSA) is 75.9 Å². The van der Waals surface area contributed by atoms with Crippen molar-refractivity contribution in [3.8, 4) is 5.69 Å². The summed E-state index contributed by atoms with van der Waals surface area (Å²) in [6, 6.07) is 7.08. The fourth-order valence-electron chi connectivity index (χ4n) is 2.07. The predicted molar refractivity (Wildman–Crippen MR) is 92.7 cm³/mol. The van der Waals surface area contributed by atoms with Crippen LogP contribution in [0.25, 0.3) is 5.69 Å². The Morgan fingerprint density at radius 1 is 1.43 bits per heavy atom. The summed E-state index contributed by atoms with van der Waals surface area (Å²) in [5.74, 6) is 0. The largest absolute Gasteiger partial charge is 0.295 e. The molecule has 0 bridgehead atoms. The van der Waals surface area contributed by atoms with Gasteiger partial charge in [-0.3, -0.25) is 9.89 Å². The van der Waals surface area contributed by atoms with Gasteiger partial charge < -0.3 is 0 Å². The van der Waals surface area contributed by atoms with Gasteiger partial charge in [0.2, 0.25) is 5.13 Å². The molecule has 23 heavy (non-hydrogen) atoms. The van der Waals surface area contributed by atoms with Gasteiger partial charge in [-0.1, -0.05) is 35.9 Å². The monoisotopic (exact) mass is 347 g/mol. The van der Waals surface area contributed by atoms with Crippen LogP contribution in [0.3, 0.4) is 0 Å². The number of nitrogens with one attached hydrogen (secondary N) is 1. The molecule has 0 radical (unpaired) electrons. The smallest absolute Gasteiger partial charge is 0.280 e. The summed E-state index contributed by atoms with van der Waals surface area (Å²) in [5.41, 5.74) is 1.69. The van der Waals surface area contributed by atoms with Gasteiger partial charge in [-0.05, 0) is 31.5 Å². The maximum atomic E-state index is 12.5. The lowest BCUT2D eigenvalue weighted by Crippen LogP contribution is -2.17. The minimum atomic E-state index is -0.186. The Bertz CT molecular complexity index is 924. The molecule has 0 spiro atoms. The van der Waals surface area contributed by atoms with E-state index in [0.29, 0.717) is 21.4 Å². The van der Waals surface area contributed by atoms with Crippen molar-refractivity contribution in [3.63, 3.8) is 0 Å². The third-order valence-electron chi connectivity index (χ3n) is 3.25. The van der Waals surface area contributed by atoms with E-state index < -0.39 is 0 Å². The van der Waals surface area contributed by atoms with Gasteiger partial charge in [0.25, 0.3) is 5.56 Å². The van der Waals surface area contributed by atoms with Crippen molar-refractivity contribution in [3.05, 3.63) is 55.9 Å². The Hall–Kier alpha value is -2.25. The second-order valence-electron chi connectivity index (χ2n) is 4.86. The zero-order valence-electron chi connectivity index (χ0n) is 12.6. The van der Waals surface area contributed by atoms with Crippen molar-refractivity contribution < 1.29 is 0 Å². The van der Waals surface area contributed by atoms with Crippen molar-refractivity contribution in [2.75, 3.05) is 0 Å². The van der Waals surface area contributed by atoms with Gasteiger partial charge in [0.1, 0.15) is 5.01 Å². The van der Waals surface area contributed by atoms with E-state index in [1.807, 2.05) is 19.9 Å². The molecule has 6 nitrogen and oxygen atoms in total. The van der Waals surface area contributed by atoms with Crippen LogP contribution in [0.2, 0.25) is 5.02 Å². The number of benzene rings is 1. The van der Waals surface area contributed by atoms with E-state index in [-0.39, 0.29) is 5.56 Å². The second-order valence-corrected chi connectivity index (χ2v) is 6.34. The Labute approximate surface area is 141 Å². The number of rotatable bonds is 4. The number of aromatic amines is 1. The van der Waals surface area contributed by atoms with Gasteiger partial charge in [-0.2, -0.15) is 0 Å². The third-order valence-corrected chi connectivity index (χ3v) is 4.46. The van der Waals surface area contributed by atoms with Crippen molar-refractivity contribution >= 4 is 34.3 Å². The molecule has 0 unspecified atom stereocenters. The highest BCUT2D eigenvalue weighted by molar-refractivity contribution is 7.14. The summed E-state index contributed by atoms with van der Waals surface area (Å²) >= 11 is 7.39. The lowest BCUT2D eigenvalue weighted by atomic mass is 10.3. The summed E-state index contributed by atoms with van der Waals surface area (Å²) in [5, 5.41) is 13.0. The normalized spacial score (nSPS) is 11.4. The lowest BCUT2D eigenvalue weighted by Gasteiger charge is -2.01. The fraction of sp³-hybridized carbons (Fsp3) is 0.200. The van der Waals surface area contributed by atoms with Crippen LogP contribution in [0.1, 0.15) is 23.2 Å². The highest BCUT2D eigenvalue weighted by Gasteiger charge is 2.11. The molecule has 0 saturated heterocycles. The van der Waals surface area contributed by atoms with Crippen molar-refractivity contribution in [2.24, 2.45) is 4.99 Å². The number of H-pyrrole nitrogens is 1. The summed E-state index contributed by atoms with van der Waals surface area (Å²) < 4.78 is 1.44. The first-order chi connectivity index (χ1) is 11.1. The van der Waals surface area contributed by atoms with E-state index in [2.05, 4.69) is 20.3 Å². The van der Waals surface area contributed by atoms with Crippen molar-refractivity contribution in [2.45, 2.75) is 20.3 Å². The minimum absolute atomic E-state index is 0.186. The predicted octanol–water partition coefficient (Wildman–Crippen LogP) is 3.29. The zero-order valence-corrected chi connectivity index (χ0v) is 14.1. The number of hydrogen-bond donors (Lipinski definition) is 1. The molecule has 1 N–H and O–H groups in total. The first-order valence-electron chi connectivity index (χ1n) is 7.02. The molecule has 0 atom stereocenters. The first-order valence-corrected chi connectivity index (χ1v) is 8.22. The Morgan fingerprint density at radius 2 is 2.26 bits per heavy atom. The maximum absolute atomic E-state index is 12.5. The van der Waals surface area contributed by atoms with E-state index in [1.54, 1.807) is 18.2 Å². The first kappa shape index (κ1) is 15.6. The van der Waals surface area contributed by atoms with Crippen LogP contribution < -0.4 is 5.56 Å². The summed E-state index contributed by atoms with van der Waals surface area (Å²) in [7, 11) is 0. The molecule has 2 heterocycles. The van der Waals surface area contributed by atoms with Gasteiger partial charge in [-0.25, -0.2) is 9.67 Å². The fourth-order valence-corrected chi connectivity index (χ4v) is 2.88. The molecular formula is C15H14ClN5OS. The van der Waals surface area contributed by atoms with Crippen LogP contribution in [0, 0.1) is 6.92 Å². The SMILES string of the molecule is CCc1nnc(/N=C/c2c(C)[nH]n(-c3cccc(Cl)c3)c2=O)s1. The van der Waals surface area contributed by atoms with Crippen LogP contribution in [-0.2, 0) is 6.42 Å². The molecule has 1 aromatic carbocycles. The number of halogens is 1. The Kier molecular flexibility index (Phi) is 4.40. The van der Waals surface area contributed by atoms with E-state index in [1.165, 1.54) is 22.2 Å². The molecule has 0 aliphatic heterocycles. The summed E-state index contributed by atoms with van der Waals surface area (Å²) in [6.45, 7) is 3.83. The Balaban J connectivity index is 1.96. The Morgan fingerprint density at radius 3 is 2.96 bits per heavy atom. The molecule has 0 amide bonds. The highest BCUT2D eigenvalue weighted by atomic mass is 35.5. The van der Waals surface area contributed by atoms with Crippen LogP contribution >= 0.6 is 22.9 Å². The molecule has 118 valence electrons. The number of aliphatic imine (C=N–C) groups is 1. The van der Waals surface area contributed by atoms with Crippen LogP contribution in [0.4, 0.5) is 5.13 Å². The molecule has 3 rings (SSSR count).